The molecule has 0 bridgehead atoms. The van der Waals surface area contributed by atoms with Gasteiger partial charge < -0.3 is 14.9 Å². The van der Waals surface area contributed by atoms with Gasteiger partial charge in [0.15, 0.2) is 15.8 Å². The van der Waals surface area contributed by atoms with E-state index >= 15 is 0 Å². The fourth-order valence-electron chi connectivity index (χ4n) is 4.07. The van der Waals surface area contributed by atoms with Crippen LogP contribution in [0.2, 0.25) is 0 Å². The van der Waals surface area contributed by atoms with Gasteiger partial charge in [0.2, 0.25) is 5.13 Å². The molecule has 1 aliphatic heterocycles. The van der Waals surface area contributed by atoms with E-state index < -0.39 is 17.7 Å². The molecule has 4 aromatic rings. The molecule has 1 fully saturated rings. The molecule has 2 N–H and O–H groups in total. The van der Waals surface area contributed by atoms with E-state index in [1.807, 2.05) is 0 Å². The monoisotopic (exact) mass is 564 g/mol. The molecule has 198 valence electrons. The first kappa shape index (κ1) is 26.3. The van der Waals surface area contributed by atoms with E-state index in [0.29, 0.717) is 21.2 Å². The number of aromatic nitrogens is 3. The largest absolute Gasteiger partial charge is 0.507 e. The van der Waals surface area contributed by atoms with Gasteiger partial charge in [0.05, 0.1) is 18.2 Å². The molecule has 1 saturated heterocycles. The van der Waals surface area contributed by atoms with E-state index in [0.717, 1.165) is 16.9 Å². The van der Waals surface area contributed by atoms with Crippen LogP contribution in [-0.4, -0.2) is 43.7 Å². The Kier molecular flexibility index (Phi) is 7.57. The standard InChI is InChI=1S/C27H21FN4O5S2/c1-2-37-20-13-17(5-8-19(20)33)22-21(23(34)16-9-11-29-12-10-16)24(35)25(36)32(22)26-30-31-27(39-26)38-14-15-3-6-18(28)7-4-15/h3-13,22,33-34H,2,14H2,1H3. The smallest absolute Gasteiger partial charge is 0.301 e. The molecule has 39 heavy (non-hydrogen) atoms. The molecule has 0 spiro atoms. The van der Waals surface area contributed by atoms with Crippen LogP contribution in [0, 0.1) is 5.82 Å². The molecule has 3 heterocycles. The molecule has 9 nitrogen and oxygen atoms in total. The number of ether oxygens (including phenoxy) is 1. The molecular formula is C27H21FN4O5S2. The van der Waals surface area contributed by atoms with Crippen molar-refractivity contribution in [2.75, 3.05) is 11.5 Å². The third-order valence-corrected chi connectivity index (χ3v) is 8.00. The Labute approximate surface area is 230 Å². The number of aromatic hydroxyl groups is 1. The number of thioether (sulfide) groups is 1. The van der Waals surface area contributed by atoms with Crippen molar-refractivity contribution in [3.63, 3.8) is 0 Å². The summed E-state index contributed by atoms with van der Waals surface area (Å²) in [7, 11) is 0. The molecule has 5 rings (SSSR count). The minimum absolute atomic E-state index is 0.109. The van der Waals surface area contributed by atoms with Gasteiger partial charge in [0.1, 0.15) is 11.6 Å². The predicted molar refractivity (Wildman–Crippen MR) is 144 cm³/mol. The molecule has 1 amide bonds. The van der Waals surface area contributed by atoms with Crippen molar-refractivity contribution in [3.05, 3.63) is 95.1 Å². The van der Waals surface area contributed by atoms with Crippen LogP contribution < -0.4 is 9.64 Å². The van der Waals surface area contributed by atoms with E-state index in [1.165, 1.54) is 65.5 Å². The number of amides is 1. The SMILES string of the molecule is CCOc1cc(C2C(=C(O)c3ccncc3)C(=O)C(=O)N2c2nnc(SCc3ccc(F)cc3)s2)ccc1O. The number of rotatable bonds is 8. The van der Waals surface area contributed by atoms with Crippen LogP contribution in [-0.2, 0) is 15.3 Å². The zero-order chi connectivity index (χ0) is 27.5. The molecule has 1 unspecified atom stereocenters. The number of phenolic OH excluding ortho intramolecular Hbond substituents is 1. The highest BCUT2D eigenvalue weighted by Crippen LogP contribution is 2.45. The number of Topliss-reactive ketones (excluding diaryl/α,β-unsaturated/α-hetero) is 1. The fourth-order valence-corrected chi connectivity index (χ4v) is 5.89. The number of anilines is 1. The zero-order valence-electron chi connectivity index (χ0n) is 20.4. The number of halogens is 1. The molecule has 12 heteroatoms. The number of phenols is 1. The van der Waals surface area contributed by atoms with Crippen LogP contribution in [0.4, 0.5) is 9.52 Å². The van der Waals surface area contributed by atoms with E-state index in [4.69, 9.17) is 4.74 Å². The second-order valence-corrected chi connectivity index (χ2v) is 10.5. The van der Waals surface area contributed by atoms with Gasteiger partial charge in [0, 0.05) is 23.7 Å². The Balaban J connectivity index is 1.56. The van der Waals surface area contributed by atoms with Crippen LogP contribution in [0.3, 0.4) is 0 Å². The van der Waals surface area contributed by atoms with Gasteiger partial charge in [0.25, 0.3) is 5.78 Å². The minimum Gasteiger partial charge on any atom is -0.507 e. The molecule has 2 aromatic heterocycles. The van der Waals surface area contributed by atoms with Crippen LogP contribution in [0.5, 0.6) is 11.5 Å². The van der Waals surface area contributed by atoms with Gasteiger partial charge in [-0.15, -0.1) is 10.2 Å². The quantitative estimate of drug-likeness (QED) is 0.0989. The van der Waals surface area contributed by atoms with Crippen molar-refractivity contribution in [2.24, 2.45) is 0 Å². The number of ketones is 1. The van der Waals surface area contributed by atoms with Gasteiger partial charge in [-0.1, -0.05) is 41.3 Å². The van der Waals surface area contributed by atoms with E-state index in [-0.39, 0.29) is 40.4 Å². The number of nitrogens with zero attached hydrogens (tertiary/aromatic N) is 4. The zero-order valence-corrected chi connectivity index (χ0v) is 22.1. The van der Waals surface area contributed by atoms with Crippen LogP contribution in [0.25, 0.3) is 5.76 Å². The summed E-state index contributed by atoms with van der Waals surface area (Å²) in [6, 6.07) is 12.5. The van der Waals surface area contributed by atoms with E-state index in [1.54, 1.807) is 25.1 Å². The van der Waals surface area contributed by atoms with Crippen molar-refractivity contribution in [1.29, 1.82) is 0 Å². The first-order chi connectivity index (χ1) is 18.9. The first-order valence-corrected chi connectivity index (χ1v) is 13.6. The number of benzene rings is 2. The number of pyridine rings is 1. The summed E-state index contributed by atoms with van der Waals surface area (Å²) in [5.74, 6) is -1.92. The number of carbonyl (C=O) groups excluding carboxylic acids is 2. The Bertz CT molecular complexity index is 1560. The Morgan fingerprint density at radius 1 is 1.10 bits per heavy atom. The lowest BCUT2D eigenvalue weighted by atomic mass is 9.95. The maximum atomic E-state index is 13.4. The first-order valence-electron chi connectivity index (χ1n) is 11.7. The summed E-state index contributed by atoms with van der Waals surface area (Å²) >= 11 is 2.46. The summed E-state index contributed by atoms with van der Waals surface area (Å²) in [5, 5.41) is 29.9. The van der Waals surface area contributed by atoms with Crippen LogP contribution in [0.15, 0.2) is 76.9 Å². The summed E-state index contributed by atoms with van der Waals surface area (Å²) in [6.07, 6.45) is 2.92. The molecule has 0 radical (unpaired) electrons. The highest BCUT2D eigenvalue weighted by molar-refractivity contribution is 8.00. The number of carbonyl (C=O) groups is 2. The third kappa shape index (κ3) is 5.33. The third-order valence-electron chi connectivity index (χ3n) is 5.88. The maximum absolute atomic E-state index is 13.4. The number of hydrogen-bond acceptors (Lipinski definition) is 10. The summed E-state index contributed by atoms with van der Waals surface area (Å²) in [4.78, 5) is 31.8. The Morgan fingerprint density at radius 2 is 1.85 bits per heavy atom. The highest BCUT2D eigenvalue weighted by Gasteiger charge is 2.48. The van der Waals surface area contributed by atoms with Gasteiger partial charge in [-0.05, 0) is 54.4 Å². The second-order valence-electron chi connectivity index (χ2n) is 8.33. The van der Waals surface area contributed by atoms with Gasteiger partial charge in [-0.3, -0.25) is 19.5 Å². The Hall–Kier alpha value is -4.29. The van der Waals surface area contributed by atoms with Crippen molar-refractivity contribution in [1.82, 2.24) is 15.2 Å². The summed E-state index contributed by atoms with van der Waals surface area (Å²) in [5.41, 5.74) is 1.46. The molecule has 1 aliphatic rings. The van der Waals surface area contributed by atoms with Gasteiger partial charge in [-0.25, -0.2) is 4.39 Å². The summed E-state index contributed by atoms with van der Waals surface area (Å²) in [6.45, 7) is 2.03. The van der Waals surface area contributed by atoms with Crippen LogP contribution in [0.1, 0.15) is 29.7 Å². The van der Waals surface area contributed by atoms with Crippen LogP contribution >= 0.6 is 23.1 Å². The lowest BCUT2D eigenvalue weighted by Gasteiger charge is -2.23. The highest BCUT2D eigenvalue weighted by atomic mass is 32.2. The van der Waals surface area contributed by atoms with Gasteiger partial charge in [-0.2, -0.15) is 0 Å². The van der Waals surface area contributed by atoms with E-state index in [9.17, 15) is 24.2 Å². The van der Waals surface area contributed by atoms with Crippen molar-refractivity contribution in [3.8, 4) is 11.5 Å². The molecule has 2 aromatic carbocycles. The Morgan fingerprint density at radius 3 is 2.56 bits per heavy atom. The lowest BCUT2D eigenvalue weighted by molar-refractivity contribution is -0.132. The fraction of sp³-hybridized carbons (Fsp3) is 0.148. The molecular weight excluding hydrogens is 543 g/mol. The van der Waals surface area contributed by atoms with E-state index in [2.05, 4.69) is 15.2 Å². The average Bonchev–Trinajstić information content (AvgIpc) is 3.52. The number of aliphatic hydroxyl groups is 1. The molecule has 0 aliphatic carbocycles. The topological polar surface area (TPSA) is 126 Å². The summed E-state index contributed by atoms with van der Waals surface area (Å²) < 4.78 is 19.3. The van der Waals surface area contributed by atoms with Gasteiger partial charge >= 0.3 is 5.91 Å². The molecule has 1 atom stereocenters. The van der Waals surface area contributed by atoms with Crippen molar-refractivity contribution in [2.45, 2.75) is 23.1 Å². The average molecular weight is 565 g/mol. The lowest BCUT2D eigenvalue weighted by Crippen LogP contribution is -2.29. The predicted octanol–water partition coefficient (Wildman–Crippen LogP) is 5.10. The number of aliphatic hydroxyl groups excluding tert-OH is 1. The minimum atomic E-state index is -1.07. The maximum Gasteiger partial charge on any atom is 0.301 e. The second kappa shape index (κ2) is 11.2. The normalized spacial score (nSPS) is 16.6. The van der Waals surface area contributed by atoms with Crippen molar-refractivity contribution >= 4 is 45.7 Å². The number of hydrogen-bond donors (Lipinski definition) is 2. The molecule has 0 saturated carbocycles. The van der Waals surface area contributed by atoms with Crippen molar-refractivity contribution < 1.29 is 28.9 Å².